The zero-order chi connectivity index (χ0) is 13.9. The highest BCUT2D eigenvalue weighted by atomic mass is 32.2. The highest BCUT2D eigenvalue weighted by Gasteiger charge is 2.28. The average molecular weight is 276 g/mol. The summed E-state index contributed by atoms with van der Waals surface area (Å²) < 4.78 is 41.7. The number of rotatable bonds is 5. The number of hydrogen-bond acceptors (Lipinski definition) is 4. The Morgan fingerprint density at radius 1 is 1.50 bits per heavy atom. The van der Waals surface area contributed by atoms with E-state index in [1.807, 2.05) is 0 Å². The maximum absolute atomic E-state index is 13.5. The second kappa shape index (κ2) is 5.34. The predicted octanol–water partition coefficient (Wildman–Crippen LogP) is 1.22. The van der Waals surface area contributed by atoms with E-state index in [1.165, 1.54) is 19.2 Å². The van der Waals surface area contributed by atoms with E-state index in [1.54, 1.807) is 0 Å². The van der Waals surface area contributed by atoms with E-state index < -0.39 is 32.6 Å². The molecule has 0 fully saturated rings. The van der Waals surface area contributed by atoms with Gasteiger partial charge < -0.3 is 9.84 Å². The number of hydrogen-bond donors (Lipinski definition) is 1. The molecule has 1 N–H and O–H groups in total. The topological polar surface area (TPSA) is 80.7 Å². The average Bonchev–Trinajstić information content (AvgIpc) is 2.30. The van der Waals surface area contributed by atoms with Crippen LogP contribution in [0.15, 0.2) is 18.2 Å². The van der Waals surface area contributed by atoms with Gasteiger partial charge in [-0.1, -0.05) is 6.07 Å². The molecule has 0 aromatic heterocycles. The molecule has 0 heterocycles. The van der Waals surface area contributed by atoms with Gasteiger partial charge in [0.15, 0.2) is 15.1 Å². The van der Waals surface area contributed by atoms with Gasteiger partial charge in [-0.05, 0) is 13.0 Å². The lowest BCUT2D eigenvalue weighted by Crippen LogP contribution is -2.28. The number of benzene rings is 1. The van der Waals surface area contributed by atoms with Crippen LogP contribution in [0, 0.1) is 5.82 Å². The Balaban J connectivity index is 3.01. The summed E-state index contributed by atoms with van der Waals surface area (Å²) in [6, 6.07) is 3.73. The molecule has 0 bridgehead atoms. The molecule has 1 unspecified atom stereocenters. The molecule has 0 radical (unpaired) electrons. The first-order chi connectivity index (χ1) is 8.27. The van der Waals surface area contributed by atoms with Gasteiger partial charge in [-0.25, -0.2) is 12.8 Å². The monoisotopic (exact) mass is 276 g/mol. The number of methoxy groups -OCH3 is 1. The molecule has 0 spiro atoms. The summed E-state index contributed by atoms with van der Waals surface area (Å²) in [5, 5.41) is 7.08. The molecule has 5 nitrogen and oxygen atoms in total. The van der Waals surface area contributed by atoms with E-state index in [-0.39, 0.29) is 11.3 Å². The zero-order valence-electron chi connectivity index (χ0n) is 9.88. The third-order valence-corrected chi connectivity index (χ3v) is 4.50. The van der Waals surface area contributed by atoms with Crippen LogP contribution in [0.1, 0.15) is 12.5 Å². The maximum atomic E-state index is 13.5. The van der Waals surface area contributed by atoms with Gasteiger partial charge >= 0.3 is 5.97 Å². The first-order valence-corrected chi connectivity index (χ1v) is 6.76. The number of carboxylic acid groups (broad SMARTS) is 1. The summed E-state index contributed by atoms with van der Waals surface area (Å²) in [6.07, 6.45) is 0. The number of sulfone groups is 1. The van der Waals surface area contributed by atoms with Crippen molar-refractivity contribution in [2.45, 2.75) is 17.9 Å². The van der Waals surface area contributed by atoms with Crippen molar-refractivity contribution >= 4 is 15.8 Å². The number of aliphatic carboxylic acids is 1. The SMILES string of the molecule is COc1ccc(CS(=O)(=O)C(C)C(=O)O)c(F)c1. The normalized spacial score (nSPS) is 13.1. The van der Waals surface area contributed by atoms with Gasteiger partial charge in [-0.15, -0.1) is 0 Å². The molecule has 0 aliphatic heterocycles. The van der Waals surface area contributed by atoms with Crippen molar-refractivity contribution in [3.63, 3.8) is 0 Å². The van der Waals surface area contributed by atoms with Crippen molar-refractivity contribution in [3.05, 3.63) is 29.6 Å². The second-order valence-electron chi connectivity index (χ2n) is 3.75. The van der Waals surface area contributed by atoms with Crippen molar-refractivity contribution in [2.75, 3.05) is 7.11 Å². The van der Waals surface area contributed by atoms with Crippen molar-refractivity contribution in [1.29, 1.82) is 0 Å². The van der Waals surface area contributed by atoms with Gasteiger partial charge in [0.25, 0.3) is 0 Å². The highest BCUT2D eigenvalue weighted by Crippen LogP contribution is 2.19. The van der Waals surface area contributed by atoms with Crippen molar-refractivity contribution in [1.82, 2.24) is 0 Å². The molecular formula is C11H13FO5S. The molecule has 1 aromatic carbocycles. The van der Waals surface area contributed by atoms with Crippen LogP contribution in [0.3, 0.4) is 0 Å². The lowest BCUT2D eigenvalue weighted by atomic mass is 10.2. The number of carbonyl (C=O) groups is 1. The van der Waals surface area contributed by atoms with Crippen LogP contribution >= 0.6 is 0 Å². The minimum absolute atomic E-state index is 0.0797. The lowest BCUT2D eigenvalue weighted by molar-refractivity contribution is -0.136. The van der Waals surface area contributed by atoms with Gasteiger partial charge in [0.05, 0.1) is 12.9 Å². The standard InChI is InChI=1S/C11H13FO5S/c1-7(11(13)14)18(15,16)6-8-3-4-9(17-2)5-10(8)12/h3-5,7H,6H2,1-2H3,(H,13,14). The van der Waals surface area contributed by atoms with E-state index >= 15 is 0 Å². The Bertz CT molecular complexity index is 553. The smallest absolute Gasteiger partial charge is 0.321 e. The Morgan fingerprint density at radius 2 is 2.11 bits per heavy atom. The Kier molecular flexibility index (Phi) is 4.28. The van der Waals surface area contributed by atoms with Crippen molar-refractivity contribution in [3.8, 4) is 5.75 Å². The Morgan fingerprint density at radius 3 is 2.56 bits per heavy atom. The van der Waals surface area contributed by atoms with Crippen molar-refractivity contribution < 1.29 is 27.4 Å². The Hall–Kier alpha value is -1.63. The third kappa shape index (κ3) is 3.19. The number of carboxylic acids is 1. The molecule has 0 amide bonds. The fourth-order valence-electron chi connectivity index (χ4n) is 1.27. The fraction of sp³-hybridized carbons (Fsp3) is 0.364. The Labute approximate surface area is 104 Å². The largest absolute Gasteiger partial charge is 0.497 e. The molecular weight excluding hydrogens is 263 g/mol. The zero-order valence-corrected chi connectivity index (χ0v) is 10.7. The minimum Gasteiger partial charge on any atom is -0.497 e. The van der Waals surface area contributed by atoms with Crippen LogP contribution in [-0.4, -0.2) is 31.9 Å². The summed E-state index contributed by atoms with van der Waals surface area (Å²) >= 11 is 0. The lowest BCUT2D eigenvalue weighted by Gasteiger charge is -2.10. The first-order valence-electron chi connectivity index (χ1n) is 5.04. The van der Waals surface area contributed by atoms with Gasteiger partial charge in [0.2, 0.25) is 0 Å². The predicted molar refractivity (Wildman–Crippen MR) is 62.7 cm³/mol. The van der Waals surface area contributed by atoms with Crippen molar-refractivity contribution in [2.24, 2.45) is 0 Å². The molecule has 0 aliphatic rings. The third-order valence-electron chi connectivity index (χ3n) is 2.50. The highest BCUT2D eigenvalue weighted by molar-refractivity contribution is 7.91. The summed E-state index contributed by atoms with van der Waals surface area (Å²) in [7, 11) is -2.58. The summed E-state index contributed by atoms with van der Waals surface area (Å²) in [5.41, 5.74) is -0.0797. The van der Waals surface area contributed by atoms with E-state index in [2.05, 4.69) is 0 Å². The molecule has 7 heteroatoms. The molecule has 100 valence electrons. The van der Waals surface area contributed by atoms with Crippen LogP contribution < -0.4 is 4.74 Å². The summed E-state index contributed by atoms with van der Waals surface area (Å²) in [6.45, 7) is 1.05. The minimum atomic E-state index is -3.94. The van der Waals surface area contributed by atoms with Gasteiger partial charge in [0, 0.05) is 11.6 Å². The van der Waals surface area contributed by atoms with Gasteiger partial charge in [-0.2, -0.15) is 0 Å². The van der Waals surface area contributed by atoms with Crippen LogP contribution in [0.4, 0.5) is 4.39 Å². The van der Waals surface area contributed by atoms with E-state index in [4.69, 9.17) is 9.84 Å². The van der Waals surface area contributed by atoms with Crippen LogP contribution in [0.5, 0.6) is 5.75 Å². The van der Waals surface area contributed by atoms with Gasteiger partial charge in [-0.3, -0.25) is 4.79 Å². The summed E-state index contributed by atoms with van der Waals surface area (Å²) in [4.78, 5) is 10.6. The molecule has 0 saturated carbocycles. The fourth-order valence-corrected chi connectivity index (χ4v) is 2.49. The van der Waals surface area contributed by atoms with E-state index in [0.29, 0.717) is 0 Å². The molecule has 1 atom stereocenters. The summed E-state index contributed by atoms with van der Waals surface area (Å²) in [5.74, 6) is -2.59. The second-order valence-corrected chi connectivity index (χ2v) is 6.07. The quantitative estimate of drug-likeness (QED) is 0.874. The van der Waals surface area contributed by atoms with E-state index in [9.17, 15) is 17.6 Å². The van der Waals surface area contributed by atoms with Crippen LogP contribution in [-0.2, 0) is 20.4 Å². The molecule has 1 aromatic rings. The first kappa shape index (κ1) is 14.4. The molecule has 0 aliphatic carbocycles. The maximum Gasteiger partial charge on any atom is 0.321 e. The van der Waals surface area contributed by atoms with Crippen LogP contribution in [0.2, 0.25) is 0 Å². The van der Waals surface area contributed by atoms with Gasteiger partial charge in [0.1, 0.15) is 11.6 Å². The number of halogens is 1. The van der Waals surface area contributed by atoms with E-state index in [0.717, 1.165) is 13.0 Å². The molecule has 0 saturated heterocycles. The molecule has 1 rings (SSSR count). The number of ether oxygens (including phenoxy) is 1. The molecule has 18 heavy (non-hydrogen) atoms. The van der Waals surface area contributed by atoms with Crippen LogP contribution in [0.25, 0.3) is 0 Å².